The van der Waals surface area contributed by atoms with Gasteiger partial charge in [-0.25, -0.2) is 13.1 Å². The molecule has 1 atom stereocenters. The molecule has 4 nitrogen and oxygen atoms in total. The van der Waals surface area contributed by atoms with E-state index >= 15 is 0 Å². The Morgan fingerprint density at radius 2 is 1.71 bits per heavy atom. The third-order valence-electron chi connectivity index (χ3n) is 1.84. The third-order valence-corrected chi connectivity index (χ3v) is 3.34. The van der Waals surface area contributed by atoms with Crippen molar-refractivity contribution in [2.45, 2.75) is 45.5 Å². The molecule has 17 heavy (non-hydrogen) atoms. The SMILES string of the molecule is CC(C)NCCS(=O)(=O)NC(C)CC(F)(F)F. The summed E-state index contributed by atoms with van der Waals surface area (Å²) in [6.45, 7) is 5.12. The van der Waals surface area contributed by atoms with E-state index in [1.54, 1.807) is 0 Å². The second-order valence-electron chi connectivity index (χ2n) is 4.27. The molecule has 1 unspecified atom stereocenters. The van der Waals surface area contributed by atoms with Crippen molar-refractivity contribution < 1.29 is 21.6 Å². The number of hydrogen-bond donors (Lipinski definition) is 2. The standard InChI is InChI=1S/C9H19F3N2O2S/c1-7(2)13-4-5-17(15,16)14-8(3)6-9(10,11)12/h7-8,13-14H,4-6H2,1-3H3. The highest BCUT2D eigenvalue weighted by Gasteiger charge is 2.31. The van der Waals surface area contributed by atoms with Gasteiger partial charge in [-0.2, -0.15) is 13.2 Å². The maximum absolute atomic E-state index is 12.0. The molecule has 0 aliphatic carbocycles. The summed E-state index contributed by atoms with van der Waals surface area (Å²) in [7, 11) is -3.66. The minimum Gasteiger partial charge on any atom is -0.313 e. The van der Waals surface area contributed by atoms with Gasteiger partial charge in [0.15, 0.2) is 0 Å². The fourth-order valence-electron chi connectivity index (χ4n) is 1.24. The normalized spacial score (nSPS) is 15.2. The molecule has 0 heterocycles. The quantitative estimate of drug-likeness (QED) is 0.735. The van der Waals surface area contributed by atoms with Crippen molar-refractivity contribution in [3.05, 3.63) is 0 Å². The monoisotopic (exact) mass is 276 g/mol. The van der Waals surface area contributed by atoms with Gasteiger partial charge < -0.3 is 5.32 Å². The van der Waals surface area contributed by atoms with E-state index in [-0.39, 0.29) is 18.3 Å². The van der Waals surface area contributed by atoms with Crippen LogP contribution in [-0.4, -0.2) is 39.0 Å². The van der Waals surface area contributed by atoms with Crippen molar-refractivity contribution in [2.24, 2.45) is 0 Å². The smallest absolute Gasteiger partial charge is 0.313 e. The maximum Gasteiger partial charge on any atom is 0.390 e. The predicted molar refractivity (Wildman–Crippen MR) is 60.2 cm³/mol. The van der Waals surface area contributed by atoms with Crippen LogP contribution in [-0.2, 0) is 10.0 Å². The number of rotatable bonds is 7. The van der Waals surface area contributed by atoms with Gasteiger partial charge >= 0.3 is 6.18 Å². The van der Waals surface area contributed by atoms with E-state index < -0.39 is 28.7 Å². The molecule has 8 heteroatoms. The molecule has 104 valence electrons. The Labute approximate surface area is 100 Å². The average Bonchev–Trinajstić information content (AvgIpc) is 1.96. The molecule has 0 fully saturated rings. The van der Waals surface area contributed by atoms with Crippen molar-refractivity contribution in [3.8, 4) is 0 Å². The number of halogens is 3. The summed E-state index contributed by atoms with van der Waals surface area (Å²) < 4.78 is 60.8. The van der Waals surface area contributed by atoms with E-state index in [2.05, 4.69) is 5.32 Å². The van der Waals surface area contributed by atoms with Gasteiger partial charge in [-0.15, -0.1) is 0 Å². The van der Waals surface area contributed by atoms with Crippen molar-refractivity contribution in [3.63, 3.8) is 0 Å². The molecule has 0 bridgehead atoms. The minimum atomic E-state index is -4.36. The van der Waals surface area contributed by atoms with Crippen molar-refractivity contribution in [1.82, 2.24) is 10.0 Å². The Morgan fingerprint density at radius 3 is 2.12 bits per heavy atom. The molecule has 0 rings (SSSR count). The summed E-state index contributed by atoms with van der Waals surface area (Å²) in [5, 5.41) is 2.88. The first-order valence-corrected chi connectivity index (χ1v) is 6.97. The Balaban J connectivity index is 4.08. The summed E-state index contributed by atoms with van der Waals surface area (Å²) in [5.74, 6) is -0.229. The Kier molecular flexibility index (Phi) is 6.42. The lowest BCUT2D eigenvalue weighted by Gasteiger charge is -2.16. The fraction of sp³-hybridized carbons (Fsp3) is 1.00. The zero-order valence-electron chi connectivity index (χ0n) is 10.1. The number of nitrogens with one attached hydrogen (secondary N) is 2. The topological polar surface area (TPSA) is 58.2 Å². The summed E-state index contributed by atoms with van der Waals surface area (Å²) in [4.78, 5) is 0. The van der Waals surface area contributed by atoms with E-state index in [0.29, 0.717) is 0 Å². The molecule has 0 aromatic carbocycles. The number of hydrogen-bond acceptors (Lipinski definition) is 3. The van der Waals surface area contributed by atoms with Crippen molar-refractivity contribution in [2.75, 3.05) is 12.3 Å². The summed E-state index contributed by atoms with van der Waals surface area (Å²) in [6.07, 6.45) is -5.53. The molecule has 0 aromatic rings. The summed E-state index contributed by atoms with van der Waals surface area (Å²) in [5.41, 5.74) is 0. The van der Waals surface area contributed by atoms with Gasteiger partial charge in [0.05, 0.1) is 12.2 Å². The molecular formula is C9H19F3N2O2S. The highest BCUT2D eigenvalue weighted by atomic mass is 32.2. The molecule has 0 spiro atoms. The van der Waals surface area contributed by atoms with Gasteiger partial charge in [-0.3, -0.25) is 0 Å². The van der Waals surface area contributed by atoms with Crippen LogP contribution >= 0.6 is 0 Å². The van der Waals surface area contributed by atoms with Gasteiger partial charge in [0.2, 0.25) is 10.0 Å². The molecule has 0 amide bonds. The molecule has 0 aliphatic rings. The second kappa shape index (κ2) is 6.55. The number of sulfonamides is 1. The van der Waals surface area contributed by atoms with E-state index in [1.807, 2.05) is 18.6 Å². The highest BCUT2D eigenvalue weighted by molar-refractivity contribution is 7.89. The predicted octanol–water partition coefficient (Wildman–Crippen LogP) is 1.24. The Bertz CT molecular complexity index is 315. The van der Waals surface area contributed by atoms with Crippen LogP contribution in [0, 0.1) is 0 Å². The largest absolute Gasteiger partial charge is 0.390 e. The fourth-order valence-corrected chi connectivity index (χ4v) is 2.44. The van der Waals surface area contributed by atoms with Crippen LogP contribution in [0.25, 0.3) is 0 Å². The first kappa shape index (κ1) is 16.7. The van der Waals surface area contributed by atoms with Crippen LogP contribution in [0.5, 0.6) is 0 Å². The van der Waals surface area contributed by atoms with Crippen LogP contribution in [0.4, 0.5) is 13.2 Å². The zero-order chi connectivity index (χ0) is 13.7. The van der Waals surface area contributed by atoms with Crippen LogP contribution in [0.15, 0.2) is 0 Å². The summed E-state index contributed by atoms with van der Waals surface area (Å²) in [6, 6.07) is -1.00. The van der Waals surface area contributed by atoms with E-state index in [9.17, 15) is 21.6 Å². The van der Waals surface area contributed by atoms with Crippen LogP contribution in [0.2, 0.25) is 0 Å². The van der Waals surface area contributed by atoms with Crippen molar-refractivity contribution in [1.29, 1.82) is 0 Å². The third kappa shape index (κ3) is 10.5. The van der Waals surface area contributed by atoms with E-state index in [0.717, 1.165) is 0 Å². The lowest BCUT2D eigenvalue weighted by molar-refractivity contribution is -0.137. The first-order valence-electron chi connectivity index (χ1n) is 5.32. The van der Waals surface area contributed by atoms with Crippen LogP contribution < -0.4 is 10.0 Å². The molecule has 2 N–H and O–H groups in total. The second-order valence-corrected chi connectivity index (χ2v) is 6.14. The van der Waals surface area contributed by atoms with Gasteiger partial charge in [0.25, 0.3) is 0 Å². The lowest BCUT2D eigenvalue weighted by atomic mass is 10.2. The van der Waals surface area contributed by atoms with E-state index in [4.69, 9.17) is 0 Å². The molecule has 0 radical (unpaired) electrons. The van der Waals surface area contributed by atoms with Crippen molar-refractivity contribution >= 4 is 10.0 Å². The summed E-state index contributed by atoms with van der Waals surface area (Å²) >= 11 is 0. The Morgan fingerprint density at radius 1 is 1.18 bits per heavy atom. The number of alkyl halides is 3. The van der Waals surface area contributed by atoms with E-state index in [1.165, 1.54) is 6.92 Å². The van der Waals surface area contributed by atoms with Gasteiger partial charge in [0.1, 0.15) is 0 Å². The maximum atomic E-state index is 12.0. The van der Waals surface area contributed by atoms with Gasteiger partial charge in [0, 0.05) is 18.6 Å². The van der Waals surface area contributed by atoms with Crippen LogP contribution in [0.3, 0.4) is 0 Å². The molecule has 0 saturated heterocycles. The van der Waals surface area contributed by atoms with Gasteiger partial charge in [-0.1, -0.05) is 13.8 Å². The first-order chi connectivity index (χ1) is 7.52. The molecule has 0 aromatic heterocycles. The molecule has 0 aliphatic heterocycles. The lowest BCUT2D eigenvalue weighted by Crippen LogP contribution is -2.40. The Hall–Kier alpha value is -0.340. The highest BCUT2D eigenvalue weighted by Crippen LogP contribution is 2.21. The van der Waals surface area contributed by atoms with Crippen LogP contribution in [0.1, 0.15) is 27.2 Å². The molecule has 0 saturated carbocycles. The minimum absolute atomic E-state index is 0.137. The average molecular weight is 276 g/mol. The van der Waals surface area contributed by atoms with Gasteiger partial charge in [-0.05, 0) is 6.92 Å². The zero-order valence-corrected chi connectivity index (χ0v) is 11.0. The molecular weight excluding hydrogens is 257 g/mol.